The third-order valence-electron chi connectivity index (χ3n) is 5.09. The zero-order valence-electron chi connectivity index (χ0n) is 16.8. The van der Waals surface area contributed by atoms with Crippen molar-refractivity contribution in [1.82, 2.24) is 9.80 Å². The number of hydrogen-bond acceptors (Lipinski definition) is 5. The first-order valence-corrected chi connectivity index (χ1v) is 10.7. The van der Waals surface area contributed by atoms with Crippen LogP contribution in [0.1, 0.15) is 26.3 Å². The summed E-state index contributed by atoms with van der Waals surface area (Å²) in [4.78, 5) is 16.2. The molecule has 1 fully saturated rings. The van der Waals surface area contributed by atoms with Crippen LogP contribution in [0.4, 0.5) is 8.78 Å². The van der Waals surface area contributed by atoms with Crippen LogP contribution in [0.2, 0.25) is 0 Å². The van der Waals surface area contributed by atoms with E-state index in [4.69, 9.17) is 4.74 Å². The van der Waals surface area contributed by atoms with Crippen molar-refractivity contribution in [2.24, 2.45) is 0 Å². The molecule has 2 heterocycles. The van der Waals surface area contributed by atoms with Gasteiger partial charge in [0.1, 0.15) is 22.8 Å². The Balaban J connectivity index is 2.07. The van der Waals surface area contributed by atoms with Crippen LogP contribution >= 0.6 is 11.8 Å². The van der Waals surface area contributed by atoms with Crippen molar-refractivity contribution in [3.8, 4) is 0 Å². The first-order chi connectivity index (χ1) is 13.8. The van der Waals surface area contributed by atoms with E-state index in [9.17, 15) is 18.7 Å². The number of halogens is 2. The Bertz CT molecular complexity index is 823. The highest BCUT2D eigenvalue weighted by molar-refractivity contribution is 8.00. The van der Waals surface area contributed by atoms with Crippen LogP contribution in [0, 0.1) is 11.6 Å². The lowest BCUT2D eigenvalue weighted by molar-refractivity contribution is -0.133. The topological polar surface area (TPSA) is 53.0 Å². The van der Waals surface area contributed by atoms with Gasteiger partial charge in [-0.05, 0) is 48.9 Å². The van der Waals surface area contributed by atoms with Gasteiger partial charge in [0, 0.05) is 19.2 Å². The molecule has 1 saturated heterocycles. The summed E-state index contributed by atoms with van der Waals surface area (Å²) in [6.07, 6.45) is 1.87. The second-order valence-corrected chi connectivity index (χ2v) is 8.59. The lowest BCUT2D eigenvalue weighted by Crippen LogP contribution is -2.51. The van der Waals surface area contributed by atoms with E-state index in [-0.39, 0.29) is 12.6 Å². The van der Waals surface area contributed by atoms with Crippen molar-refractivity contribution in [3.63, 3.8) is 0 Å². The molecule has 1 aromatic carbocycles. The molecule has 3 rings (SSSR count). The van der Waals surface area contributed by atoms with Crippen LogP contribution in [0.5, 0.6) is 0 Å². The number of allylic oxidation sites excluding steroid dienone is 2. The van der Waals surface area contributed by atoms with E-state index >= 15 is 0 Å². The molecule has 0 spiro atoms. The Morgan fingerprint density at radius 3 is 2.59 bits per heavy atom. The number of aliphatic carboxylic acids is 1. The number of carbonyl (C=O) groups is 1. The normalized spacial score (nSPS) is 22.7. The van der Waals surface area contributed by atoms with Gasteiger partial charge in [-0.3, -0.25) is 0 Å². The van der Waals surface area contributed by atoms with Crippen LogP contribution in [-0.4, -0.2) is 57.8 Å². The van der Waals surface area contributed by atoms with Crippen molar-refractivity contribution in [2.45, 2.75) is 38.7 Å². The van der Waals surface area contributed by atoms with Crippen LogP contribution < -0.4 is 0 Å². The third kappa shape index (κ3) is 4.75. The van der Waals surface area contributed by atoms with Gasteiger partial charge >= 0.3 is 5.97 Å². The van der Waals surface area contributed by atoms with Gasteiger partial charge in [0.15, 0.2) is 0 Å². The molecule has 2 aliphatic heterocycles. The van der Waals surface area contributed by atoms with E-state index in [0.717, 1.165) is 11.9 Å². The largest absolute Gasteiger partial charge is 0.478 e. The molecular weight excluding hydrogens is 398 g/mol. The summed E-state index contributed by atoms with van der Waals surface area (Å²) in [5.41, 5.74) is 1.46. The van der Waals surface area contributed by atoms with Gasteiger partial charge in [-0.2, -0.15) is 0 Å². The first-order valence-electron chi connectivity index (χ1n) is 9.65. The van der Waals surface area contributed by atoms with Crippen molar-refractivity contribution in [1.29, 1.82) is 0 Å². The van der Waals surface area contributed by atoms with E-state index in [2.05, 4.69) is 4.90 Å². The third-order valence-corrected chi connectivity index (χ3v) is 6.23. The van der Waals surface area contributed by atoms with Gasteiger partial charge in [0.2, 0.25) is 0 Å². The van der Waals surface area contributed by atoms with Gasteiger partial charge in [0.25, 0.3) is 0 Å². The smallest absolute Gasteiger partial charge is 0.334 e. The molecule has 0 aromatic heterocycles. The summed E-state index contributed by atoms with van der Waals surface area (Å²) in [7, 11) is 0. The number of thioether (sulfide) groups is 1. The molecule has 29 heavy (non-hydrogen) atoms. The van der Waals surface area contributed by atoms with Crippen LogP contribution in [0.15, 0.2) is 41.2 Å². The lowest BCUT2D eigenvalue weighted by Gasteiger charge is -2.46. The zero-order valence-corrected chi connectivity index (χ0v) is 17.6. The Kier molecular flexibility index (Phi) is 6.85. The number of nitrogens with zero attached hydrogens (tertiary/aromatic N) is 2. The molecule has 0 radical (unpaired) electrons. The minimum atomic E-state index is -0.978. The standard InChI is InChI=1S/C21H26F2N2O3S/c1-4-29-20-19(21(26)27)13(2)7-18(24-5-6-28-12-14(24)3)25(20)11-15-8-16(22)10-17(23)9-15/h7-10,14,20H,4-6,11-12H2,1-3H3,(H,26,27)/t14-,20?/m1/s1. The molecule has 2 aliphatic rings. The van der Waals surface area contributed by atoms with Crippen LogP contribution in [0.25, 0.3) is 0 Å². The number of carboxylic acids is 1. The quantitative estimate of drug-likeness (QED) is 0.749. The SMILES string of the molecule is CCSC1C(C(=O)O)=C(C)C=C(N2CCOC[C@H]2C)N1Cc1cc(F)cc(F)c1. The predicted octanol–water partition coefficient (Wildman–Crippen LogP) is 3.82. The van der Waals surface area contributed by atoms with Gasteiger partial charge in [-0.15, -0.1) is 11.8 Å². The van der Waals surface area contributed by atoms with E-state index in [1.54, 1.807) is 6.92 Å². The number of carboxylic acid groups (broad SMARTS) is 1. The minimum Gasteiger partial charge on any atom is -0.478 e. The fourth-order valence-corrected chi connectivity index (χ4v) is 4.94. The summed E-state index contributed by atoms with van der Waals surface area (Å²) in [6.45, 7) is 7.83. The molecule has 8 heteroatoms. The first kappa shape index (κ1) is 21.6. The van der Waals surface area contributed by atoms with E-state index in [1.807, 2.05) is 24.8 Å². The average molecular weight is 425 g/mol. The maximum absolute atomic E-state index is 13.8. The van der Waals surface area contributed by atoms with Crippen molar-refractivity contribution in [3.05, 3.63) is 58.4 Å². The van der Waals surface area contributed by atoms with Crippen LogP contribution in [-0.2, 0) is 16.1 Å². The Morgan fingerprint density at radius 2 is 2.00 bits per heavy atom. The molecule has 1 unspecified atom stereocenters. The van der Waals surface area contributed by atoms with E-state index in [1.165, 1.54) is 23.9 Å². The predicted molar refractivity (Wildman–Crippen MR) is 109 cm³/mol. The van der Waals surface area contributed by atoms with Gasteiger partial charge in [-0.1, -0.05) is 6.92 Å². The second-order valence-electron chi connectivity index (χ2n) is 7.24. The van der Waals surface area contributed by atoms with E-state index < -0.39 is 23.0 Å². The van der Waals surface area contributed by atoms with Gasteiger partial charge < -0.3 is 19.6 Å². The lowest BCUT2D eigenvalue weighted by atomic mass is 10.0. The minimum absolute atomic E-state index is 0.105. The summed E-state index contributed by atoms with van der Waals surface area (Å²) < 4.78 is 33.1. The highest BCUT2D eigenvalue weighted by Crippen LogP contribution is 2.37. The number of hydrogen-bond donors (Lipinski definition) is 1. The second kappa shape index (κ2) is 9.17. The van der Waals surface area contributed by atoms with E-state index in [0.29, 0.717) is 42.2 Å². The number of ether oxygens (including phenoxy) is 1. The van der Waals surface area contributed by atoms with Crippen molar-refractivity contribution < 1.29 is 23.4 Å². The molecule has 2 atom stereocenters. The fraction of sp³-hybridized carbons (Fsp3) is 0.476. The summed E-state index contributed by atoms with van der Waals surface area (Å²) >= 11 is 1.50. The highest BCUT2D eigenvalue weighted by Gasteiger charge is 2.37. The molecule has 0 bridgehead atoms. The highest BCUT2D eigenvalue weighted by atomic mass is 32.2. The zero-order chi connectivity index (χ0) is 21.1. The fourth-order valence-electron chi connectivity index (χ4n) is 3.81. The molecule has 1 aromatic rings. The molecule has 0 aliphatic carbocycles. The van der Waals surface area contributed by atoms with Gasteiger partial charge in [-0.25, -0.2) is 13.6 Å². The number of morpholine rings is 1. The summed E-state index contributed by atoms with van der Waals surface area (Å²) in [5, 5.41) is 9.39. The average Bonchev–Trinajstić information content (AvgIpc) is 2.63. The van der Waals surface area contributed by atoms with Crippen molar-refractivity contribution in [2.75, 3.05) is 25.5 Å². The Labute approximate surface area is 174 Å². The molecule has 5 nitrogen and oxygen atoms in total. The Morgan fingerprint density at radius 1 is 1.31 bits per heavy atom. The monoisotopic (exact) mass is 424 g/mol. The molecule has 1 N–H and O–H groups in total. The summed E-state index contributed by atoms with van der Waals surface area (Å²) in [5.74, 6) is -0.707. The van der Waals surface area contributed by atoms with Gasteiger partial charge in [0.05, 0.1) is 24.8 Å². The Hall–Kier alpha value is -2.06. The molecule has 0 amide bonds. The summed E-state index contributed by atoms with van der Waals surface area (Å²) in [6, 6.07) is 3.53. The maximum Gasteiger partial charge on any atom is 0.334 e. The van der Waals surface area contributed by atoms with Crippen molar-refractivity contribution >= 4 is 17.7 Å². The number of benzene rings is 1. The maximum atomic E-state index is 13.8. The number of rotatable bonds is 6. The molecule has 158 valence electrons. The van der Waals surface area contributed by atoms with Crippen LogP contribution in [0.3, 0.4) is 0 Å². The molecular formula is C21H26F2N2O3S. The molecule has 0 saturated carbocycles.